The first-order chi connectivity index (χ1) is 7.24. The van der Waals surface area contributed by atoms with Crippen LogP contribution in [-0.2, 0) is 6.54 Å². The SMILES string of the molecule is NC1CC(CNCc2ccc(F)cc2)C1. The Bertz CT molecular complexity index is 304. The molecule has 1 aliphatic rings. The van der Waals surface area contributed by atoms with E-state index in [2.05, 4.69) is 5.32 Å². The quantitative estimate of drug-likeness (QED) is 0.789. The average molecular weight is 208 g/mol. The van der Waals surface area contributed by atoms with E-state index >= 15 is 0 Å². The first-order valence-corrected chi connectivity index (χ1v) is 5.45. The molecule has 3 N–H and O–H groups in total. The smallest absolute Gasteiger partial charge is 0.123 e. The van der Waals surface area contributed by atoms with Crippen molar-refractivity contribution in [2.24, 2.45) is 11.7 Å². The third-order valence-corrected chi connectivity index (χ3v) is 2.95. The number of rotatable bonds is 4. The summed E-state index contributed by atoms with van der Waals surface area (Å²) in [7, 11) is 0. The number of hydrogen-bond acceptors (Lipinski definition) is 2. The van der Waals surface area contributed by atoms with Crippen molar-refractivity contribution in [2.45, 2.75) is 25.4 Å². The standard InChI is InChI=1S/C12H17FN2/c13-11-3-1-9(2-4-11)7-15-8-10-5-12(14)6-10/h1-4,10,12,15H,5-8,14H2. The van der Waals surface area contributed by atoms with Crippen LogP contribution in [0.15, 0.2) is 24.3 Å². The van der Waals surface area contributed by atoms with E-state index in [9.17, 15) is 4.39 Å². The van der Waals surface area contributed by atoms with Crippen molar-refractivity contribution in [3.63, 3.8) is 0 Å². The maximum absolute atomic E-state index is 12.6. The number of benzene rings is 1. The molecule has 0 bridgehead atoms. The molecule has 2 nitrogen and oxygen atoms in total. The monoisotopic (exact) mass is 208 g/mol. The Balaban J connectivity index is 1.67. The van der Waals surface area contributed by atoms with Gasteiger partial charge in [0.25, 0.3) is 0 Å². The molecule has 1 aliphatic carbocycles. The van der Waals surface area contributed by atoms with Gasteiger partial charge in [-0.1, -0.05) is 12.1 Å². The van der Waals surface area contributed by atoms with E-state index in [4.69, 9.17) is 5.73 Å². The largest absolute Gasteiger partial charge is 0.328 e. The summed E-state index contributed by atoms with van der Waals surface area (Å²) in [6.07, 6.45) is 2.27. The van der Waals surface area contributed by atoms with Gasteiger partial charge in [-0.15, -0.1) is 0 Å². The van der Waals surface area contributed by atoms with Crippen LogP contribution < -0.4 is 11.1 Å². The summed E-state index contributed by atoms with van der Waals surface area (Å²) < 4.78 is 12.6. The third kappa shape index (κ3) is 3.01. The third-order valence-electron chi connectivity index (χ3n) is 2.95. The summed E-state index contributed by atoms with van der Waals surface area (Å²) in [5.74, 6) is 0.559. The summed E-state index contributed by atoms with van der Waals surface area (Å²) in [5, 5.41) is 3.37. The highest BCUT2D eigenvalue weighted by molar-refractivity contribution is 5.15. The molecule has 15 heavy (non-hydrogen) atoms. The lowest BCUT2D eigenvalue weighted by atomic mass is 9.81. The van der Waals surface area contributed by atoms with Gasteiger partial charge in [0, 0.05) is 12.6 Å². The van der Waals surface area contributed by atoms with Crippen molar-refractivity contribution in [1.82, 2.24) is 5.32 Å². The Kier molecular flexibility index (Phi) is 3.34. The van der Waals surface area contributed by atoms with Gasteiger partial charge in [-0.2, -0.15) is 0 Å². The predicted octanol–water partition coefficient (Wildman–Crippen LogP) is 1.65. The topological polar surface area (TPSA) is 38.0 Å². The van der Waals surface area contributed by atoms with Crippen molar-refractivity contribution in [3.8, 4) is 0 Å². The van der Waals surface area contributed by atoms with Crippen molar-refractivity contribution in [2.75, 3.05) is 6.54 Å². The van der Waals surface area contributed by atoms with Crippen LogP contribution in [0.2, 0.25) is 0 Å². The first kappa shape index (κ1) is 10.6. The highest BCUT2D eigenvalue weighted by Crippen LogP contribution is 2.24. The Morgan fingerprint density at radius 1 is 1.27 bits per heavy atom. The Labute approximate surface area is 89.7 Å². The highest BCUT2D eigenvalue weighted by atomic mass is 19.1. The van der Waals surface area contributed by atoms with Crippen molar-refractivity contribution >= 4 is 0 Å². The summed E-state index contributed by atoms with van der Waals surface area (Å²) in [6, 6.07) is 7.04. The second kappa shape index (κ2) is 4.73. The van der Waals surface area contributed by atoms with Crippen LogP contribution in [0.4, 0.5) is 4.39 Å². The summed E-state index contributed by atoms with van der Waals surface area (Å²) in [6.45, 7) is 1.83. The lowest BCUT2D eigenvalue weighted by Crippen LogP contribution is -2.41. The molecule has 1 fully saturated rings. The number of nitrogens with one attached hydrogen (secondary N) is 1. The first-order valence-electron chi connectivity index (χ1n) is 5.45. The highest BCUT2D eigenvalue weighted by Gasteiger charge is 2.24. The summed E-state index contributed by atoms with van der Waals surface area (Å²) in [4.78, 5) is 0. The van der Waals surface area contributed by atoms with Gasteiger partial charge in [0.05, 0.1) is 0 Å². The van der Waals surface area contributed by atoms with E-state index in [1.54, 1.807) is 0 Å². The fourth-order valence-electron chi connectivity index (χ4n) is 1.98. The normalized spacial score (nSPS) is 24.9. The molecule has 1 saturated carbocycles. The van der Waals surface area contributed by atoms with Crippen LogP contribution in [0.1, 0.15) is 18.4 Å². The van der Waals surface area contributed by atoms with Gasteiger partial charge < -0.3 is 11.1 Å². The zero-order valence-corrected chi connectivity index (χ0v) is 8.75. The molecule has 0 aromatic heterocycles. The molecule has 0 spiro atoms. The average Bonchev–Trinajstić information content (AvgIpc) is 2.18. The van der Waals surface area contributed by atoms with E-state index in [1.807, 2.05) is 12.1 Å². The minimum Gasteiger partial charge on any atom is -0.328 e. The van der Waals surface area contributed by atoms with Gasteiger partial charge >= 0.3 is 0 Å². The molecule has 0 aliphatic heterocycles. The van der Waals surface area contributed by atoms with Crippen LogP contribution in [0.25, 0.3) is 0 Å². The minimum atomic E-state index is -0.177. The maximum atomic E-state index is 12.6. The molecule has 0 unspecified atom stereocenters. The fraction of sp³-hybridized carbons (Fsp3) is 0.500. The lowest BCUT2D eigenvalue weighted by molar-refractivity contribution is 0.256. The van der Waals surface area contributed by atoms with Gasteiger partial charge in [0.2, 0.25) is 0 Å². The molecule has 0 amide bonds. The molecule has 1 aromatic carbocycles. The van der Waals surface area contributed by atoms with Crippen molar-refractivity contribution in [3.05, 3.63) is 35.6 Å². The number of nitrogens with two attached hydrogens (primary N) is 1. The van der Waals surface area contributed by atoms with Gasteiger partial charge in [0.1, 0.15) is 5.82 Å². The molecule has 82 valence electrons. The second-order valence-corrected chi connectivity index (χ2v) is 4.35. The van der Waals surface area contributed by atoms with Crippen molar-refractivity contribution < 1.29 is 4.39 Å². The zero-order valence-electron chi connectivity index (χ0n) is 8.75. The maximum Gasteiger partial charge on any atom is 0.123 e. The van der Waals surface area contributed by atoms with E-state index in [1.165, 1.54) is 12.1 Å². The molecule has 3 heteroatoms. The summed E-state index contributed by atoms with van der Waals surface area (Å²) in [5.41, 5.74) is 6.82. The van der Waals surface area contributed by atoms with E-state index < -0.39 is 0 Å². The molecule has 0 radical (unpaired) electrons. The Morgan fingerprint density at radius 3 is 2.53 bits per heavy atom. The predicted molar refractivity (Wildman–Crippen MR) is 58.8 cm³/mol. The molecule has 0 saturated heterocycles. The van der Waals surface area contributed by atoms with Crippen LogP contribution in [0.3, 0.4) is 0 Å². The molecule has 0 heterocycles. The van der Waals surface area contributed by atoms with E-state index in [0.717, 1.165) is 37.4 Å². The molecular formula is C12H17FN2. The van der Waals surface area contributed by atoms with Gasteiger partial charge in [-0.25, -0.2) is 4.39 Å². The molecular weight excluding hydrogens is 191 g/mol. The lowest BCUT2D eigenvalue weighted by Gasteiger charge is -2.32. The Morgan fingerprint density at radius 2 is 1.93 bits per heavy atom. The van der Waals surface area contributed by atoms with Crippen LogP contribution in [0.5, 0.6) is 0 Å². The minimum absolute atomic E-state index is 0.177. The zero-order chi connectivity index (χ0) is 10.7. The number of halogens is 1. The summed E-state index contributed by atoms with van der Waals surface area (Å²) >= 11 is 0. The Hall–Kier alpha value is -0.930. The molecule has 1 aromatic rings. The van der Waals surface area contributed by atoms with E-state index in [-0.39, 0.29) is 5.82 Å². The van der Waals surface area contributed by atoms with Crippen molar-refractivity contribution in [1.29, 1.82) is 0 Å². The van der Waals surface area contributed by atoms with Crippen LogP contribution >= 0.6 is 0 Å². The second-order valence-electron chi connectivity index (χ2n) is 4.35. The fourth-order valence-corrected chi connectivity index (χ4v) is 1.98. The van der Waals surface area contributed by atoms with Crippen LogP contribution in [-0.4, -0.2) is 12.6 Å². The van der Waals surface area contributed by atoms with Gasteiger partial charge in [0.15, 0.2) is 0 Å². The van der Waals surface area contributed by atoms with Gasteiger partial charge in [-0.05, 0) is 43.0 Å². The molecule has 2 rings (SSSR count). The number of hydrogen-bond donors (Lipinski definition) is 2. The molecule has 0 atom stereocenters. The van der Waals surface area contributed by atoms with E-state index in [0.29, 0.717) is 6.04 Å². The van der Waals surface area contributed by atoms with Gasteiger partial charge in [-0.3, -0.25) is 0 Å². The van der Waals surface area contributed by atoms with Crippen LogP contribution in [0, 0.1) is 11.7 Å².